The largest absolute Gasteiger partial charge is 0.480 e. The zero-order valence-corrected chi connectivity index (χ0v) is 10.1. The summed E-state index contributed by atoms with van der Waals surface area (Å²) in [4.78, 5) is 12.2. The predicted molar refractivity (Wildman–Crippen MR) is 69.0 cm³/mol. The number of benzene rings is 1. The van der Waals surface area contributed by atoms with Crippen molar-refractivity contribution in [3.05, 3.63) is 29.8 Å². The van der Waals surface area contributed by atoms with E-state index in [4.69, 9.17) is 22.7 Å². The molecule has 90 valence electrons. The van der Waals surface area contributed by atoms with Crippen molar-refractivity contribution in [3.63, 3.8) is 0 Å². The van der Waals surface area contributed by atoms with Gasteiger partial charge in [-0.1, -0.05) is 30.4 Å². The van der Waals surface area contributed by atoms with Gasteiger partial charge in [0.2, 0.25) is 0 Å². The summed E-state index contributed by atoms with van der Waals surface area (Å²) >= 11 is 4.73. The first-order valence-electron chi connectivity index (χ1n) is 5.47. The van der Waals surface area contributed by atoms with Gasteiger partial charge in [-0.2, -0.15) is 0 Å². The fraction of sp³-hybridized carbons (Fsp3) is 0.333. The number of carbonyl (C=O) groups is 1. The summed E-state index contributed by atoms with van der Waals surface area (Å²) in [5.74, 6) is 0.680. The monoisotopic (exact) mass is 250 g/mol. The van der Waals surface area contributed by atoms with Crippen LogP contribution >= 0.6 is 12.2 Å². The van der Waals surface area contributed by atoms with Gasteiger partial charge in [0.1, 0.15) is 5.75 Å². The molecular weight excluding hydrogens is 236 g/mol. The summed E-state index contributed by atoms with van der Waals surface area (Å²) in [5, 5.41) is 2.76. The Morgan fingerprint density at radius 2 is 2.29 bits per heavy atom. The third-order valence-electron chi connectivity index (χ3n) is 2.61. The molecular formula is C12H14N2O2S. The topological polar surface area (TPSA) is 64.3 Å². The number of amides is 1. The summed E-state index contributed by atoms with van der Waals surface area (Å²) in [7, 11) is 0. The molecule has 0 aliphatic carbocycles. The fourth-order valence-electron chi connectivity index (χ4n) is 1.75. The SMILES string of the molecule is NC(=S)CCNC(=O)C1Cc2ccccc2O1. The second-order valence-corrected chi connectivity index (χ2v) is 4.45. The highest BCUT2D eigenvalue weighted by Crippen LogP contribution is 2.27. The maximum atomic E-state index is 11.8. The Morgan fingerprint density at radius 3 is 3.00 bits per heavy atom. The summed E-state index contributed by atoms with van der Waals surface area (Å²) in [6.45, 7) is 0.463. The molecule has 1 heterocycles. The van der Waals surface area contributed by atoms with Crippen LogP contribution in [0.2, 0.25) is 0 Å². The minimum absolute atomic E-state index is 0.113. The molecule has 1 aromatic rings. The van der Waals surface area contributed by atoms with Crippen LogP contribution in [0, 0.1) is 0 Å². The van der Waals surface area contributed by atoms with Crippen molar-refractivity contribution in [2.75, 3.05) is 6.54 Å². The Balaban J connectivity index is 1.86. The maximum absolute atomic E-state index is 11.8. The van der Waals surface area contributed by atoms with Crippen molar-refractivity contribution in [1.82, 2.24) is 5.32 Å². The molecule has 2 rings (SSSR count). The molecule has 0 fully saturated rings. The first kappa shape index (κ1) is 11.9. The lowest BCUT2D eigenvalue weighted by atomic mass is 10.1. The molecule has 1 aromatic carbocycles. The molecule has 3 N–H and O–H groups in total. The molecule has 5 heteroatoms. The summed E-state index contributed by atoms with van der Waals surface area (Å²) in [6, 6.07) is 7.68. The number of nitrogens with one attached hydrogen (secondary N) is 1. The number of rotatable bonds is 4. The molecule has 1 amide bonds. The van der Waals surface area contributed by atoms with E-state index in [1.807, 2.05) is 24.3 Å². The zero-order valence-electron chi connectivity index (χ0n) is 9.31. The van der Waals surface area contributed by atoms with E-state index in [1.54, 1.807) is 0 Å². The molecule has 1 unspecified atom stereocenters. The minimum atomic E-state index is -0.432. The van der Waals surface area contributed by atoms with Crippen LogP contribution in [0.5, 0.6) is 5.75 Å². The molecule has 17 heavy (non-hydrogen) atoms. The first-order valence-corrected chi connectivity index (χ1v) is 5.88. The fourth-order valence-corrected chi connectivity index (χ4v) is 1.85. The van der Waals surface area contributed by atoms with Crippen molar-refractivity contribution in [1.29, 1.82) is 0 Å². The number of fused-ring (bicyclic) bond motifs is 1. The Morgan fingerprint density at radius 1 is 1.53 bits per heavy atom. The molecule has 4 nitrogen and oxygen atoms in total. The number of thiocarbonyl (C=S) groups is 1. The zero-order chi connectivity index (χ0) is 12.3. The molecule has 1 aliphatic rings. The van der Waals surface area contributed by atoms with E-state index in [0.717, 1.165) is 11.3 Å². The average Bonchev–Trinajstić information content (AvgIpc) is 2.71. The van der Waals surface area contributed by atoms with Crippen molar-refractivity contribution >= 4 is 23.1 Å². The van der Waals surface area contributed by atoms with Gasteiger partial charge >= 0.3 is 0 Å². The van der Waals surface area contributed by atoms with Crippen LogP contribution in [0.15, 0.2) is 24.3 Å². The van der Waals surface area contributed by atoms with E-state index in [-0.39, 0.29) is 5.91 Å². The van der Waals surface area contributed by atoms with Crippen molar-refractivity contribution in [2.24, 2.45) is 5.73 Å². The number of para-hydroxylation sites is 1. The van der Waals surface area contributed by atoms with Gasteiger partial charge in [0, 0.05) is 19.4 Å². The Kier molecular flexibility index (Phi) is 3.58. The second kappa shape index (κ2) is 5.14. The van der Waals surface area contributed by atoms with Crippen LogP contribution in [-0.2, 0) is 11.2 Å². The third kappa shape index (κ3) is 2.94. The van der Waals surface area contributed by atoms with Crippen molar-refractivity contribution in [3.8, 4) is 5.75 Å². The standard InChI is InChI=1S/C12H14N2O2S/c13-11(17)5-6-14-12(15)10-7-8-3-1-2-4-9(8)16-10/h1-4,10H,5-7H2,(H2,13,17)(H,14,15). The summed E-state index contributed by atoms with van der Waals surface area (Å²) in [5.41, 5.74) is 6.42. The molecule has 0 aromatic heterocycles. The number of hydrogen-bond acceptors (Lipinski definition) is 3. The smallest absolute Gasteiger partial charge is 0.261 e. The quantitative estimate of drug-likeness (QED) is 0.775. The average molecular weight is 250 g/mol. The van der Waals surface area contributed by atoms with Gasteiger partial charge in [0.15, 0.2) is 6.10 Å². The summed E-state index contributed by atoms with van der Waals surface area (Å²) in [6.07, 6.45) is 0.703. The van der Waals surface area contributed by atoms with Gasteiger partial charge in [-0.05, 0) is 11.6 Å². The summed E-state index contributed by atoms with van der Waals surface area (Å²) < 4.78 is 5.55. The molecule has 1 atom stereocenters. The van der Waals surface area contributed by atoms with E-state index in [2.05, 4.69) is 5.32 Å². The van der Waals surface area contributed by atoms with E-state index in [1.165, 1.54) is 0 Å². The molecule has 0 saturated heterocycles. The van der Waals surface area contributed by atoms with E-state index < -0.39 is 6.10 Å². The van der Waals surface area contributed by atoms with Gasteiger partial charge in [-0.25, -0.2) is 0 Å². The third-order valence-corrected chi connectivity index (χ3v) is 2.81. The van der Waals surface area contributed by atoms with E-state index in [0.29, 0.717) is 24.4 Å². The Labute approximate surface area is 105 Å². The molecule has 0 spiro atoms. The van der Waals surface area contributed by atoms with Crippen LogP contribution in [-0.4, -0.2) is 23.5 Å². The molecule has 1 aliphatic heterocycles. The second-order valence-electron chi connectivity index (χ2n) is 3.93. The number of hydrogen-bond donors (Lipinski definition) is 2. The van der Waals surface area contributed by atoms with Crippen LogP contribution in [0.25, 0.3) is 0 Å². The van der Waals surface area contributed by atoms with Crippen molar-refractivity contribution in [2.45, 2.75) is 18.9 Å². The number of ether oxygens (including phenoxy) is 1. The molecule has 0 saturated carbocycles. The first-order chi connectivity index (χ1) is 8.16. The van der Waals surface area contributed by atoms with Gasteiger partial charge in [-0.15, -0.1) is 0 Å². The lowest BCUT2D eigenvalue weighted by Crippen LogP contribution is -2.38. The van der Waals surface area contributed by atoms with E-state index in [9.17, 15) is 4.79 Å². The van der Waals surface area contributed by atoms with Gasteiger partial charge in [0.25, 0.3) is 5.91 Å². The highest BCUT2D eigenvalue weighted by molar-refractivity contribution is 7.80. The number of carbonyl (C=O) groups excluding carboxylic acids is 1. The molecule has 0 radical (unpaired) electrons. The lowest BCUT2D eigenvalue weighted by molar-refractivity contribution is -0.127. The van der Waals surface area contributed by atoms with Crippen LogP contribution in [0.4, 0.5) is 0 Å². The van der Waals surface area contributed by atoms with Crippen LogP contribution in [0.1, 0.15) is 12.0 Å². The normalized spacial score (nSPS) is 17.1. The highest BCUT2D eigenvalue weighted by Gasteiger charge is 2.28. The van der Waals surface area contributed by atoms with Crippen LogP contribution < -0.4 is 15.8 Å². The Bertz CT molecular complexity index is 423. The van der Waals surface area contributed by atoms with Crippen molar-refractivity contribution < 1.29 is 9.53 Å². The number of nitrogens with two attached hydrogens (primary N) is 1. The van der Waals surface area contributed by atoms with E-state index >= 15 is 0 Å². The van der Waals surface area contributed by atoms with Gasteiger partial charge in [0.05, 0.1) is 4.99 Å². The minimum Gasteiger partial charge on any atom is -0.480 e. The predicted octanol–water partition coefficient (Wildman–Crippen LogP) is 0.782. The lowest BCUT2D eigenvalue weighted by Gasteiger charge is -2.10. The molecule has 0 bridgehead atoms. The Hall–Kier alpha value is -1.62. The van der Waals surface area contributed by atoms with Crippen LogP contribution in [0.3, 0.4) is 0 Å². The highest BCUT2D eigenvalue weighted by atomic mass is 32.1. The van der Waals surface area contributed by atoms with Gasteiger partial charge < -0.3 is 15.8 Å². The maximum Gasteiger partial charge on any atom is 0.261 e. The van der Waals surface area contributed by atoms with Gasteiger partial charge in [-0.3, -0.25) is 4.79 Å².